The van der Waals surface area contributed by atoms with Gasteiger partial charge in [-0.05, 0) is 25.0 Å². The number of rotatable bonds is 4. The Hall–Kier alpha value is -2.52. The van der Waals surface area contributed by atoms with Crippen molar-refractivity contribution in [1.82, 2.24) is 9.97 Å². The predicted molar refractivity (Wildman–Crippen MR) is 83.2 cm³/mol. The fourth-order valence-electron chi connectivity index (χ4n) is 2.64. The number of anilines is 1. The number of benzene rings is 1. The molecule has 0 saturated carbocycles. The van der Waals surface area contributed by atoms with Crippen molar-refractivity contribution >= 4 is 5.95 Å². The first-order valence-corrected chi connectivity index (χ1v) is 7.59. The van der Waals surface area contributed by atoms with E-state index in [9.17, 15) is 4.39 Å². The van der Waals surface area contributed by atoms with Gasteiger partial charge in [0.15, 0.2) is 0 Å². The molecule has 0 radical (unpaired) electrons. The van der Waals surface area contributed by atoms with E-state index in [0.29, 0.717) is 23.8 Å². The van der Waals surface area contributed by atoms with E-state index >= 15 is 0 Å². The molecule has 2 heterocycles. The average Bonchev–Trinajstić information content (AvgIpc) is 2.61. The van der Waals surface area contributed by atoms with Crippen LogP contribution < -0.4 is 4.90 Å². The minimum atomic E-state index is -0.245. The SMILES string of the molecule is N#Cc1ccnc(N2CCC[C@H](OCc3ccccc3F)C2)n1. The predicted octanol–water partition coefficient (Wildman–Crippen LogP) is 2.67. The summed E-state index contributed by atoms with van der Waals surface area (Å²) in [5, 5.41) is 8.93. The van der Waals surface area contributed by atoms with Crippen molar-refractivity contribution in [3.05, 3.63) is 53.6 Å². The van der Waals surface area contributed by atoms with E-state index < -0.39 is 0 Å². The molecular weight excluding hydrogens is 295 g/mol. The molecule has 6 heteroatoms. The quantitative estimate of drug-likeness (QED) is 0.868. The number of piperidine rings is 1. The van der Waals surface area contributed by atoms with Crippen molar-refractivity contribution in [3.8, 4) is 6.07 Å². The summed E-state index contributed by atoms with van der Waals surface area (Å²) in [6, 6.07) is 10.2. The van der Waals surface area contributed by atoms with Gasteiger partial charge < -0.3 is 9.64 Å². The highest BCUT2D eigenvalue weighted by Crippen LogP contribution is 2.19. The van der Waals surface area contributed by atoms with Gasteiger partial charge in [-0.1, -0.05) is 18.2 Å². The fraction of sp³-hybridized carbons (Fsp3) is 0.353. The van der Waals surface area contributed by atoms with Gasteiger partial charge in [-0.25, -0.2) is 14.4 Å². The van der Waals surface area contributed by atoms with Gasteiger partial charge in [-0.15, -0.1) is 0 Å². The fourth-order valence-corrected chi connectivity index (χ4v) is 2.64. The Balaban J connectivity index is 1.62. The molecule has 0 unspecified atom stereocenters. The van der Waals surface area contributed by atoms with E-state index in [4.69, 9.17) is 10.00 Å². The van der Waals surface area contributed by atoms with Crippen LogP contribution in [-0.2, 0) is 11.3 Å². The van der Waals surface area contributed by atoms with Crippen LogP contribution in [0.2, 0.25) is 0 Å². The summed E-state index contributed by atoms with van der Waals surface area (Å²) in [4.78, 5) is 10.5. The third-order valence-corrected chi connectivity index (χ3v) is 3.85. The third kappa shape index (κ3) is 3.82. The van der Waals surface area contributed by atoms with Crippen LogP contribution in [0.5, 0.6) is 0 Å². The van der Waals surface area contributed by atoms with E-state index in [1.54, 1.807) is 30.5 Å². The summed E-state index contributed by atoms with van der Waals surface area (Å²) in [5.74, 6) is 0.300. The molecule has 1 atom stereocenters. The molecule has 0 spiro atoms. The molecule has 1 aliphatic heterocycles. The van der Waals surface area contributed by atoms with Gasteiger partial charge in [0, 0.05) is 24.8 Å². The second kappa shape index (κ2) is 7.16. The molecule has 0 N–H and O–H groups in total. The van der Waals surface area contributed by atoms with Crippen LogP contribution in [0.25, 0.3) is 0 Å². The zero-order chi connectivity index (χ0) is 16.1. The third-order valence-electron chi connectivity index (χ3n) is 3.85. The van der Waals surface area contributed by atoms with Crippen LogP contribution in [0.3, 0.4) is 0 Å². The summed E-state index contributed by atoms with van der Waals surface area (Å²) in [6.07, 6.45) is 3.45. The van der Waals surface area contributed by atoms with Gasteiger partial charge in [0.05, 0.1) is 12.7 Å². The van der Waals surface area contributed by atoms with E-state index in [1.807, 2.05) is 11.0 Å². The second-order valence-electron chi connectivity index (χ2n) is 5.47. The Morgan fingerprint density at radius 3 is 3.04 bits per heavy atom. The van der Waals surface area contributed by atoms with Crippen molar-refractivity contribution in [3.63, 3.8) is 0 Å². The van der Waals surface area contributed by atoms with E-state index in [1.165, 1.54) is 6.07 Å². The number of aromatic nitrogens is 2. The number of nitrogens with zero attached hydrogens (tertiary/aromatic N) is 4. The highest BCUT2D eigenvalue weighted by Gasteiger charge is 2.22. The Morgan fingerprint density at radius 2 is 2.22 bits per heavy atom. The summed E-state index contributed by atoms with van der Waals surface area (Å²) in [6.45, 7) is 1.72. The molecule has 2 aromatic rings. The Bertz CT molecular complexity index is 716. The molecule has 0 aliphatic carbocycles. The van der Waals surface area contributed by atoms with Gasteiger partial charge in [0.1, 0.15) is 17.6 Å². The van der Waals surface area contributed by atoms with Crippen molar-refractivity contribution < 1.29 is 9.13 Å². The van der Waals surface area contributed by atoms with Crippen LogP contribution in [0.4, 0.5) is 10.3 Å². The summed E-state index contributed by atoms with van der Waals surface area (Å²) < 4.78 is 19.5. The topological polar surface area (TPSA) is 62.0 Å². The highest BCUT2D eigenvalue weighted by atomic mass is 19.1. The molecule has 1 fully saturated rings. The lowest BCUT2D eigenvalue weighted by atomic mass is 10.1. The molecule has 1 aromatic heterocycles. The molecule has 1 aliphatic rings. The van der Waals surface area contributed by atoms with Gasteiger partial charge in [0.2, 0.25) is 5.95 Å². The monoisotopic (exact) mass is 312 g/mol. The van der Waals surface area contributed by atoms with Crippen molar-refractivity contribution in [2.45, 2.75) is 25.6 Å². The minimum absolute atomic E-state index is 0.00213. The van der Waals surface area contributed by atoms with Gasteiger partial charge in [0.25, 0.3) is 0 Å². The molecule has 0 bridgehead atoms. The van der Waals surface area contributed by atoms with Crippen LogP contribution in [-0.4, -0.2) is 29.2 Å². The van der Waals surface area contributed by atoms with Crippen LogP contribution in [0.1, 0.15) is 24.1 Å². The zero-order valence-corrected chi connectivity index (χ0v) is 12.7. The van der Waals surface area contributed by atoms with Crippen molar-refractivity contribution in [2.24, 2.45) is 0 Å². The van der Waals surface area contributed by atoms with Crippen LogP contribution >= 0.6 is 0 Å². The average molecular weight is 312 g/mol. The normalized spacial score (nSPS) is 17.7. The molecule has 1 aromatic carbocycles. The van der Waals surface area contributed by atoms with Crippen molar-refractivity contribution in [1.29, 1.82) is 5.26 Å². The van der Waals surface area contributed by atoms with Gasteiger partial charge >= 0.3 is 0 Å². The first kappa shape index (κ1) is 15.4. The number of ether oxygens (including phenoxy) is 1. The minimum Gasteiger partial charge on any atom is -0.372 e. The first-order valence-electron chi connectivity index (χ1n) is 7.59. The number of halogens is 1. The lowest BCUT2D eigenvalue weighted by Gasteiger charge is -2.32. The summed E-state index contributed by atoms with van der Waals surface area (Å²) >= 11 is 0. The van der Waals surface area contributed by atoms with Gasteiger partial charge in [-0.2, -0.15) is 5.26 Å². The molecule has 118 valence electrons. The lowest BCUT2D eigenvalue weighted by molar-refractivity contribution is 0.0299. The summed E-state index contributed by atoms with van der Waals surface area (Å²) in [5.41, 5.74) is 0.914. The maximum Gasteiger partial charge on any atom is 0.226 e. The number of hydrogen-bond acceptors (Lipinski definition) is 5. The molecule has 3 rings (SSSR count). The molecular formula is C17H17FN4O. The number of nitriles is 1. The van der Waals surface area contributed by atoms with Crippen LogP contribution in [0.15, 0.2) is 36.5 Å². The van der Waals surface area contributed by atoms with E-state index in [2.05, 4.69) is 9.97 Å². The largest absolute Gasteiger partial charge is 0.372 e. The maximum atomic E-state index is 13.6. The molecule has 0 amide bonds. The zero-order valence-electron chi connectivity index (χ0n) is 12.7. The summed E-state index contributed by atoms with van der Waals surface area (Å²) in [7, 11) is 0. The van der Waals surface area contributed by atoms with Crippen molar-refractivity contribution in [2.75, 3.05) is 18.0 Å². The first-order chi connectivity index (χ1) is 11.3. The molecule has 23 heavy (non-hydrogen) atoms. The van der Waals surface area contributed by atoms with Gasteiger partial charge in [-0.3, -0.25) is 0 Å². The molecule has 5 nitrogen and oxygen atoms in total. The maximum absolute atomic E-state index is 13.6. The van der Waals surface area contributed by atoms with Crippen LogP contribution in [0, 0.1) is 17.1 Å². The Labute approximate surface area is 134 Å². The lowest BCUT2D eigenvalue weighted by Crippen LogP contribution is -2.40. The standard InChI is InChI=1S/C17H17FN4O/c18-16-6-2-1-4-13(16)12-23-15-5-3-9-22(11-15)17-20-8-7-14(10-19)21-17/h1-2,4,6-8,15H,3,5,9,11-12H2/t15-/m0/s1. The smallest absolute Gasteiger partial charge is 0.226 e. The van der Waals surface area contributed by atoms with E-state index in [-0.39, 0.29) is 18.5 Å². The Morgan fingerprint density at radius 1 is 1.35 bits per heavy atom. The highest BCUT2D eigenvalue weighted by molar-refractivity contribution is 5.34. The Kier molecular flexibility index (Phi) is 4.79. The van der Waals surface area contributed by atoms with E-state index in [0.717, 1.165) is 19.4 Å². The number of hydrogen-bond donors (Lipinski definition) is 0. The molecule has 1 saturated heterocycles. The second-order valence-corrected chi connectivity index (χ2v) is 5.47.